The van der Waals surface area contributed by atoms with Crippen molar-refractivity contribution in [2.24, 2.45) is 5.41 Å². The second-order valence-corrected chi connectivity index (χ2v) is 12.7. The van der Waals surface area contributed by atoms with Gasteiger partial charge in [-0.3, -0.25) is 28.9 Å². The summed E-state index contributed by atoms with van der Waals surface area (Å²) in [5.41, 5.74) is -1.10. The lowest BCUT2D eigenvalue weighted by molar-refractivity contribution is -0.143. The molecule has 1 aliphatic rings. The third kappa shape index (κ3) is 9.84. The van der Waals surface area contributed by atoms with E-state index in [2.05, 4.69) is 10.6 Å². The molecule has 0 aromatic heterocycles. The summed E-state index contributed by atoms with van der Waals surface area (Å²) in [6.07, 6.45) is 2.78. The lowest BCUT2D eigenvalue weighted by Crippen LogP contribution is -2.50. The maximum absolute atomic E-state index is 12.8. The number of ketones is 1. The summed E-state index contributed by atoms with van der Waals surface area (Å²) >= 11 is 1.51. The Morgan fingerprint density at radius 2 is 1.69 bits per heavy atom. The average molecular weight is 527 g/mol. The normalized spacial score (nSPS) is 17.3. The average Bonchev–Trinajstić information content (AvgIpc) is 3.05. The predicted octanol–water partition coefficient (Wildman–Crippen LogP) is 2.37. The van der Waals surface area contributed by atoms with Crippen molar-refractivity contribution >= 4 is 41.2 Å². The standard InChI is InChI=1S/C26H46N4O5S/c1-25(2,3)20(31)16-18(23(34)28-14-13-27-7)29(8)21(32)12-10-9-11-15-36-19-17-22(33)30(24(19)35)26(4,5)6/h18-19,27H,9-17H2,1-8H3,(H,28,34)/t18-,19?/m0/s1. The molecule has 2 atom stereocenters. The van der Waals surface area contributed by atoms with Crippen LogP contribution in [0.1, 0.15) is 80.1 Å². The van der Waals surface area contributed by atoms with Crippen molar-refractivity contribution < 1.29 is 24.0 Å². The van der Waals surface area contributed by atoms with E-state index in [1.54, 1.807) is 34.9 Å². The van der Waals surface area contributed by atoms with Crippen LogP contribution in [0.2, 0.25) is 0 Å². The predicted molar refractivity (Wildman–Crippen MR) is 144 cm³/mol. The summed E-state index contributed by atoms with van der Waals surface area (Å²) in [6, 6.07) is -0.840. The number of nitrogens with one attached hydrogen (secondary N) is 2. The van der Waals surface area contributed by atoms with Gasteiger partial charge in [-0.2, -0.15) is 0 Å². The second-order valence-electron chi connectivity index (χ2n) is 11.4. The second kappa shape index (κ2) is 14.1. The fraction of sp³-hybridized carbons (Fsp3) is 0.808. The highest BCUT2D eigenvalue weighted by Gasteiger charge is 2.44. The maximum Gasteiger partial charge on any atom is 0.243 e. The van der Waals surface area contributed by atoms with Crippen LogP contribution in [0.4, 0.5) is 0 Å². The first-order valence-corrected chi connectivity index (χ1v) is 13.9. The molecule has 9 nitrogen and oxygen atoms in total. The van der Waals surface area contributed by atoms with E-state index in [0.717, 1.165) is 18.6 Å². The van der Waals surface area contributed by atoms with Crippen molar-refractivity contribution in [2.45, 2.75) is 96.9 Å². The molecule has 36 heavy (non-hydrogen) atoms. The van der Waals surface area contributed by atoms with Crippen LogP contribution in [0.5, 0.6) is 0 Å². The molecule has 0 aliphatic carbocycles. The number of amides is 4. The van der Waals surface area contributed by atoms with Crippen LogP contribution < -0.4 is 10.6 Å². The number of likely N-dealkylation sites (N-methyl/N-ethyl adjacent to an activating group) is 2. The highest BCUT2D eigenvalue weighted by atomic mass is 32.2. The zero-order valence-corrected chi connectivity index (χ0v) is 24.2. The Kier molecular flexibility index (Phi) is 12.6. The van der Waals surface area contributed by atoms with Gasteiger partial charge < -0.3 is 15.5 Å². The van der Waals surface area contributed by atoms with Crippen molar-refractivity contribution in [3.8, 4) is 0 Å². The molecular weight excluding hydrogens is 480 g/mol. The number of imide groups is 1. The maximum atomic E-state index is 12.8. The summed E-state index contributed by atoms with van der Waals surface area (Å²) in [6.45, 7) is 12.0. The van der Waals surface area contributed by atoms with E-state index in [-0.39, 0.29) is 53.9 Å². The fourth-order valence-corrected chi connectivity index (χ4v) is 5.05. The van der Waals surface area contributed by atoms with Crippen molar-refractivity contribution in [1.82, 2.24) is 20.4 Å². The number of hydrogen-bond acceptors (Lipinski definition) is 7. The van der Waals surface area contributed by atoms with E-state index in [0.29, 0.717) is 19.5 Å². The SMILES string of the molecule is CNCCNC(=O)[C@H](CC(=O)C(C)(C)C)N(C)C(=O)CCCCCSC1CC(=O)N(C(C)(C)C)C1=O. The smallest absolute Gasteiger partial charge is 0.243 e. The molecule has 0 radical (unpaired) electrons. The molecule has 0 saturated carbocycles. The largest absolute Gasteiger partial charge is 0.353 e. The Hall–Kier alpha value is -1.94. The van der Waals surface area contributed by atoms with Crippen LogP contribution in [0, 0.1) is 5.41 Å². The van der Waals surface area contributed by atoms with Gasteiger partial charge in [-0.25, -0.2) is 0 Å². The first-order valence-electron chi connectivity index (χ1n) is 12.8. The molecule has 1 aliphatic heterocycles. The molecule has 0 aromatic carbocycles. The number of carbonyl (C=O) groups excluding carboxylic acids is 5. The number of unbranched alkanes of at least 4 members (excludes halogenated alkanes) is 2. The van der Waals surface area contributed by atoms with E-state index in [1.807, 2.05) is 20.8 Å². The van der Waals surface area contributed by atoms with Crippen LogP contribution in [0.3, 0.4) is 0 Å². The van der Waals surface area contributed by atoms with Gasteiger partial charge in [0.1, 0.15) is 11.8 Å². The number of carbonyl (C=O) groups is 5. The van der Waals surface area contributed by atoms with Crippen LogP contribution in [-0.2, 0) is 24.0 Å². The van der Waals surface area contributed by atoms with E-state index in [1.165, 1.54) is 21.6 Å². The van der Waals surface area contributed by atoms with Gasteiger partial charge in [-0.1, -0.05) is 27.2 Å². The van der Waals surface area contributed by atoms with E-state index in [4.69, 9.17) is 0 Å². The molecule has 2 N–H and O–H groups in total. The van der Waals surface area contributed by atoms with Crippen molar-refractivity contribution in [3.63, 3.8) is 0 Å². The molecule has 1 fully saturated rings. The Morgan fingerprint density at radius 3 is 2.22 bits per heavy atom. The number of thioether (sulfide) groups is 1. The monoisotopic (exact) mass is 526 g/mol. The fourth-order valence-electron chi connectivity index (χ4n) is 3.89. The van der Waals surface area contributed by atoms with Gasteiger partial charge in [-0.15, -0.1) is 11.8 Å². The zero-order valence-electron chi connectivity index (χ0n) is 23.4. The Balaban J connectivity index is 2.52. The molecular formula is C26H46N4O5S. The number of nitrogens with zero attached hydrogens (tertiary/aromatic N) is 2. The Morgan fingerprint density at radius 1 is 1.06 bits per heavy atom. The van der Waals surface area contributed by atoms with Crippen molar-refractivity contribution in [3.05, 3.63) is 0 Å². The third-order valence-electron chi connectivity index (χ3n) is 6.18. The molecule has 1 heterocycles. The summed E-state index contributed by atoms with van der Waals surface area (Å²) in [5, 5.41) is 5.43. The van der Waals surface area contributed by atoms with Gasteiger partial charge in [0.15, 0.2) is 0 Å². The minimum atomic E-state index is -0.840. The lowest BCUT2D eigenvalue weighted by atomic mass is 9.86. The quantitative estimate of drug-likeness (QED) is 0.264. The molecule has 1 saturated heterocycles. The van der Waals surface area contributed by atoms with Crippen LogP contribution in [0.15, 0.2) is 0 Å². The first kappa shape index (κ1) is 32.1. The molecule has 1 rings (SSSR count). The molecule has 10 heteroatoms. The van der Waals surface area contributed by atoms with Gasteiger partial charge in [0.05, 0.1) is 5.25 Å². The van der Waals surface area contributed by atoms with Gasteiger partial charge in [0.2, 0.25) is 23.6 Å². The number of Topliss-reactive ketones (excluding diaryl/α,β-unsaturated/α-hetero) is 1. The molecule has 206 valence electrons. The lowest BCUT2D eigenvalue weighted by Gasteiger charge is -2.30. The molecule has 0 bridgehead atoms. The van der Waals surface area contributed by atoms with Crippen LogP contribution in [-0.4, -0.2) is 89.0 Å². The van der Waals surface area contributed by atoms with Gasteiger partial charge in [0, 0.05) is 50.4 Å². The number of likely N-dealkylation sites (tertiary alicyclic amines) is 1. The first-order chi connectivity index (χ1) is 16.6. The molecule has 0 aromatic rings. The molecule has 0 spiro atoms. The summed E-state index contributed by atoms with van der Waals surface area (Å²) < 4.78 is 0. The minimum Gasteiger partial charge on any atom is -0.353 e. The van der Waals surface area contributed by atoms with Crippen molar-refractivity contribution in [2.75, 3.05) is 32.9 Å². The summed E-state index contributed by atoms with van der Waals surface area (Å²) in [7, 11) is 3.37. The van der Waals surface area contributed by atoms with Crippen LogP contribution in [0.25, 0.3) is 0 Å². The summed E-state index contributed by atoms with van der Waals surface area (Å²) in [4.78, 5) is 65.7. The van der Waals surface area contributed by atoms with E-state index >= 15 is 0 Å². The number of hydrogen-bond donors (Lipinski definition) is 2. The highest BCUT2D eigenvalue weighted by Crippen LogP contribution is 2.31. The summed E-state index contributed by atoms with van der Waals surface area (Å²) in [5.74, 6) is -0.0580. The molecule has 1 unspecified atom stereocenters. The van der Waals surface area contributed by atoms with E-state index < -0.39 is 17.0 Å². The number of rotatable bonds is 14. The Bertz CT molecular complexity index is 803. The highest BCUT2D eigenvalue weighted by molar-refractivity contribution is 8.00. The van der Waals surface area contributed by atoms with Gasteiger partial charge >= 0.3 is 0 Å². The Labute approximate surface area is 220 Å². The van der Waals surface area contributed by atoms with Gasteiger partial charge in [-0.05, 0) is 46.4 Å². The topological polar surface area (TPSA) is 116 Å². The third-order valence-corrected chi connectivity index (χ3v) is 7.48. The molecule has 4 amide bonds. The van der Waals surface area contributed by atoms with Crippen molar-refractivity contribution in [1.29, 1.82) is 0 Å². The van der Waals surface area contributed by atoms with Gasteiger partial charge in [0.25, 0.3) is 0 Å². The minimum absolute atomic E-state index is 0.0203. The van der Waals surface area contributed by atoms with Crippen LogP contribution >= 0.6 is 11.8 Å². The van der Waals surface area contributed by atoms with E-state index in [9.17, 15) is 24.0 Å². The zero-order chi connectivity index (χ0) is 27.7.